The molecule has 0 spiro atoms. The summed E-state index contributed by atoms with van der Waals surface area (Å²) in [5.41, 5.74) is 4.66. The van der Waals surface area contributed by atoms with Crippen LogP contribution in [-0.4, -0.2) is 10.9 Å². The van der Waals surface area contributed by atoms with E-state index in [4.69, 9.17) is 0 Å². The number of nitrogens with one attached hydrogen (secondary N) is 2. The molecule has 4 nitrogen and oxygen atoms in total. The zero-order valence-electron chi connectivity index (χ0n) is 13.7. The van der Waals surface area contributed by atoms with Crippen LogP contribution in [0.4, 0.5) is 17.2 Å². The Bertz CT molecular complexity index is 857. The highest BCUT2D eigenvalue weighted by Crippen LogP contribution is 2.18. The van der Waals surface area contributed by atoms with Gasteiger partial charge >= 0.3 is 0 Å². The van der Waals surface area contributed by atoms with E-state index in [1.54, 1.807) is 18.3 Å². The van der Waals surface area contributed by atoms with Crippen molar-refractivity contribution in [2.24, 2.45) is 0 Å². The van der Waals surface area contributed by atoms with Gasteiger partial charge in [-0.3, -0.25) is 4.79 Å². The van der Waals surface area contributed by atoms with Gasteiger partial charge in [-0.15, -0.1) is 0 Å². The highest BCUT2D eigenvalue weighted by atomic mass is 16.1. The number of aryl methyl sites for hydroxylation is 2. The highest BCUT2D eigenvalue weighted by molar-refractivity contribution is 6.04. The van der Waals surface area contributed by atoms with Crippen LogP contribution in [0.5, 0.6) is 0 Å². The third-order valence-electron chi connectivity index (χ3n) is 3.70. The first-order chi connectivity index (χ1) is 11.6. The van der Waals surface area contributed by atoms with Crippen LogP contribution in [0.1, 0.15) is 21.5 Å². The van der Waals surface area contributed by atoms with Gasteiger partial charge in [0.1, 0.15) is 5.82 Å². The summed E-state index contributed by atoms with van der Waals surface area (Å²) >= 11 is 0. The van der Waals surface area contributed by atoms with E-state index >= 15 is 0 Å². The maximum atomic E-state index is 12.3. The molecule has 24 heavy (non-hydrogen) atoms. The normalized spacial score (nSPS) is 10.2. The molecule has 2 aromatic carbocycles. The number of rotatable bonds is 4. The lowest BCUT2D eigenvalue weighted by Gasteiger charge is -2.09. The Morgan fingerprint density at radius 1 is 0.917 bits per heavy atom. The molecule has 0 fully saturated rings. The van der Waals surface area contributed by atoms with Crippen molar-refractivity contribution in [2.75, 3.05) is 10.6 Å². The number of anilines is 3. The Balaban J connectivity index is 1.68. The molecule has 120 valence electrons. The van der Waals surface area contributed by atoms with Crippen molar-refractivity contribution in [3.05, 3.63) is 83.6 Å². The van der Waals surface area contributed by atoms with Crippen LogP contribution in [0, 0.1) is 13.8 Å². The average Bonchev–Trinajstić information content (AvgIpc) is 2.57. The molecule has 0 unspecified atom stereocenters. The Kier molecular flexibility index (Phi) is 4.57. The van der Waals surface area contributed by atoms with Gasteiger partial charge in [-0.05, 0) is 55.3 Å². The molecule has 0 radical (unpaired) electrons. The average molecular weight is 317 g/mol. The molecule has 1 aromatic heterocycles. The van der Waals surface area contributed by atoms with E-state index in [0.29, 0.717) is 11.4 Å². The van der Waals surface area contributed by atoms with Crippen LogP contribution < -0.4 is 10.6 Å². The van der Waals surface area contributed by atoms with E-state index < -0.39 is 0 Å². The monoisotopic (exact) mass is 317 g/mol. The van der Waals surface area contributed by atoms with Gasteiger partial charge in [-0.25, -0.2) is 4.98 Å². The van der Waals surface area contributed by atoms with E-state index in [1.165, 1.54) is 5.56 Å². The van der Waals surface area contributed by atoms with E-state index in [0.717, 1.165) is 16.9 Å². The second-order valence-corrected chi connectivity index (χ2v) is 5.70. The first-order valence-electron chi connectivity index (χ1n) is 7.78. The summed E-state index contributed by atoms with van der Waals surface area (Å²) in [4.78, 5) is 16.6. The fraction of sp³-hybridized carbons (Fsp3) is 0.100. The maximum absolute atomic E-state index is 12.3. The summed E-state index contributed by atoms with van der Waals surface area (Å²) < 4.78 is 0. The minimum Gasteiger partial charge on any atom is -0.354 e. The van der Waals surface area contributed by atoms with Crippen molar-refractivity contribution in [1.29, 1.82) is 0 Å². The van der Waals surface area contributed by atoms with Crippen LogP contribution in [0.3, 0.4) is 0 Å². The quantitative estimate of drug-likeness (QED) is 0.733. The minimum atomic E-state index is -0.153. The van der Waals surface area contributed by atoms with E-state index in [2.05, 4.69) is 21.7 Å². The Hall–Kier alpha value is -3.14. The molecule has 0 bridgehead atoms. The van der Waals surface area contributed by atoms with Gasteiger partial charge in [0.15, 0.2) is 0 Å². The van der Waals surface area contributed by atoms with Crippen molar-refractivity contribution in [3.8, 4) is 0 Å². The van der Waals surface area contributed by atoms with E-state index in [-0.39, 0.29) is 5.91 Å². The number of carbonyl (C=O) groups is 1. The third kappa shape index (κ3) is 3.79. The fourth-order valence-electron chi connectivity index (χ4n) is 2.44. The van der Waals surface area contributed by atoms with Crippen LogP contribution in [-0.2, 0) is 0 Å². The molecular formula is C20H19N3O. The molecule has 1 heterocycles. The van der Waals surface area contributed by atoms with Crippen molar-refractivity contribution in [2.45, 2.75) is 13.8 Å². The summed E-state index contributed by atoms with van der Waals surface area (Å²) in [7, 11) is 0. The lowest BCUT2D eigenvalue weighted by molar-refractivity contribution is 0.102. The summed E-state index contributed by atoms with van der Waals surface area (Å²) in [6.45, 7) is 3.96. The van der Waals surface area contributed by atoms with Gasteiger partial charge in [0, 0.05) is 11.3 Å². The minimum absolute atomic E-state index is 0.153. The molecule has 0 saturated carbocycles. The van der Waals surface area contributed by atoms with Gasteiger partial charge in [0.05, 0.1) is 11.9 Å². The molecule has 0 saturated heterocycles. The standard InChI is InChI=1S/C20H19N3O/c1-14-6-5-8-16(12-14)22-17-10-11-19(21-13-17)23-20(24)18-9-4-3-7-15(18)2/h3-13,22H,1-2H3,(H,21,23,24). The lowest BCUT2D eigenvalue weighted by atomic mass is 10.1. The lowest BCUT2D eigenvalue weighted by Crippen LogP contribution is -2.14. The van der Waals surface area contributed by atoms with Gasteiger partial charge in [-0.1, -0.05) is 30.3 Å². The Morgan fingerprint density at radius 3 is 2.46 bits per heavy atom. The van der Waals surface area contributed by atoms with Crippen LogP contribution in [0.15, 0.2) is 66.9 Å². The molecule has 1 amide bonds. The van der Waals surface area contributed by atoms with E-state index in [1.807, 2.05) is 56.3 Å². The molecule has 2 N–H and O–H groups in total. The Morgan fingerprint density at radius 2 is 1.75 bits per heavy atom. The topological polar surface area (TPSA) is 54.0 Å². The second-order valence-electron chi connectivity index (χ2n) is 5.70. The number of nitrogens with zero attached hydrogens (tertiary/aromatic N) is 1. The summed E-state index contributed by atoms with van der Waals surface area (Å²) in [6, 6.07) is 19.3. The molecule has 4 heteroatoms. The molecule has 3 rings (SSSR count). The van der Waals surface area contributed by atoms with Crippen molar-refractivity contribution >= 4 is 23.1 Å². The zero-order chi connectivity index (χ0) is 16.9. The van der Waals surface area contributed by atoms with Crippen molar-refractivity contribution in [3.63, 3.8) is 0 Å². The smallest absolute Gasteiger partial charge is 0.257 e. The predicted octanol–water partition coefficient (Wildman–Crippen LogP) is 4.69. The number of hydrogen-bond acceptors (Lipinski definition) is 3. The number of hydrogen-bond donors (Lipinski definition) is 2. The molecule has 0 aliphatic heterocycles. The van der Waals surface area contributed by atoms with Gasteiger partial charge in [0.2, 0.25) is 0 Å². The third-order valence-corrected chi connectivity index (χ3v) is 3.70. The zero-order valence-corrected chi connectivity index (χ0v) is 13.7. The molecule has 3 aromatic rings. The second kappa shape index (κ2) is 6.96. The number of pyridine rings is 1. The first kappa shape index (κ1) is 15.7. The largest absolute Gasteiger partial charge is 0.354 e. The SMILES string of the molecule is Cc1cccc(Nc2ccc(NC(=O)c3ccccc3C)nc2)c1. The Labute approximate surface area is 141 Å². The maximum Gasteiger partial charge on any atom is 0.257 e. The van der Waals surface area contributed by atoms with Crippen LogP contribution >= 0.6 is 0 Å². The molecule has 0 aliphatic rings. The first-order valence-corrected chi connectivity index (χ1v) is 7.78. The molecule has 0 atom stereocenters. The summed E-state index contributed by atoms with van der Waals surface area (Å²) in [6.07, 6.45) is 1.70. The fourth-order valence-corrected chi connectivity index (χ4v) is 2.44. The van der Waals surface area contributed by atoms with Crippen LogP contribution in [0.25, 0.3) is 0 Å². The summed E-state index contributed by atoms with van der Waals surface area (Å²) in [5, 5.41) is 6.11. The van der Waals surface area contributed by atoms with E-state index in [9.17, 15) is 4.79 Å². The van der Waals surface area contributed by atoms with Gasteiger partial charge in [0.25, 0.3) is 5.91 Å². The number of amides is 1. The van der Waals surface area contributed by atoms with Crippen LogP contribution in [0.2, 0.25) is 0 Å². The molecule has 0 aliphatic carbocycles. The van der Waals surface area contributed by atoms with Crippen molar-refractivity contribution < 1.29 is 4.79 Å². The predicted molar refractivity (Wildman–Crippen MR) is 97.8 cm³/mol. The van der Waals surface area contributed by atoms with Gasteiger partial charge < -0.3 is 10.6 Å². The highest BCUT2D eigenvalue weighted by Gasteiger charge is 2.09. The van der Waals surface area contributed by atoms with Gasteiger partial charge in [-0.2, -0.15) is 0 Å². The van der Waals surface area contributed by atoms with Crippen molar-refractivity contribution in [1.82, 2.24) is 4.98 Å². The number of carbonyl (C=O) groups excluding carboxylic acids is 1. The number of aromatic nitrogens is 1. The number of benzene rings is 2. The molecular weight excluding hydrogens is 298 g/mol. The summed E-state index contributed by atoms with van der Waals surface area (Å²) in [5.74, 6) is 0.373.